The summed E-state index contributed by atoms with van der Waals surface area (Å²) >= 11 is 12.9. The molecular formula is C23H16Cl2F3N7O2S. The second kappa shape index (κ2) is 11.4. The van der Waals surface area contributed by atoms with E-state index in [1.807, 2.05) is 0 Å². The number of pyridine rings is 2. The Morgan fingerprint density at radius 1 is 1.08 bits per heavy atom. The van der Waals surface area contributed by atoms with Gasteiger partial charge in [-0.3, -0.25) is 14.6 Å². The maximum Gasteiger partial charge on any atom is 0.418 e. The van der Waals surface area contributed by atoms with Crippen molar-refractivity contribution in [3.05, 3.63) is 80.5 Å². The van der Waals surface area contributed by atoms with Crippen LogP contribution in [0.3, 0.4) is 0 Å². The molecule has 0 unspecified atom stereocenters. The van der Waals surface area contributed by atoms with E-state index in [4.69, 9.17) is 23.2 Å². The number of halogens is 5. The van der Waals surface area contributed by atoms with Gasteiger partial charge in [-0.2, -0.15) is 13.2 Å². The van der Waals surface area contributed by atoms with Crippen LogP contribution in [0.2, 0.25) is 10.0 Å². The summed E-state index contributed by atoms with van der Waals surface area (Å²) in [7, 11) is 0. The number of carbonyl (C=O) groups excluding carboxylic acids is 2. The Morgan fingerprint density at radius 3 is 2.53 bits per heavy atom. The average Bonchev–Trinajstić information content (AvgIpc) is 3.37. The summed E-state index contributed by atoms with van der Waals surface area (Å²) in [5, 5.41) is 5.23. The zero-order valence-corrected chi connectivity index (χ0v) is 21.6. The van der Waals surface area contributed by atoms with E-state index in [1.54, 1.807) is 31.5 Å². The summed E-state index contributed by atoms with van der Waals surface area (Å²) in [6, 6.07) is 4.06. The summed E-state index contributed by atoms with van der Waals surface area (Å²) < 4.78 is 39.2. The van der Waals surface area contributed by atoms with Gasteiger partial charge in [0.2, 0.25) is 0 Å². The normalized spacial score (nSPS) is 12.2. The van der Waals surface area contributed by atoms with Gasteiger partial charge in [-0.05, 0) is 18.2 Å². The number of thiazole rings is 1. The first kappa shape index (κ1) is 27.4. The molecule has 15 heteroatoms. The minimum absolute atomic E-state index is 0.0202. The molecule has 0 aliphatic carbocycles. The van der Waals surface area contributed by atoms with E-state index in [2.05, 4.69) is 35.6 Å². The molecule has 2 N–H and O–H groups in total. The highest BCUT2D eigenvalue weighted by Crippen LogP contribution is 2.35. The zero-order chi connectivity index (χ0) is 27.4. The lowest BCUT2D eigenvalue weighted by Gasteiger charge is -2.11. The smallest absolute Gasteiger partial charge is 0.339 e. The van der Waals surface area contributed by atoms with E-state index in [0.717, 1.165) is 17.5 Å². The average molecular weight is 582 g/mol. The van der Waals surface area contributed by atoms with Crippen molar-refractivity contribution in [1.82, 2.24) is 24.9 Å². The van der Waals surface area contributed by atoms with E-state index in [9.17, 15) is 22.8 Å². The second-order valence-corrected chi connectivity index (χ2v) is 9.69. The topological polar surface area (TPSA) is 123 Å². The van der Waals surface area contributed by atoms with Gasteiger partial charge in [-0.1, -0.05) is 30.1 Å². The fraction of sp³-hybridized carbons (Fsp3) is 0.174. The number of nitrogens with one attached hydrogen (secondary N) is 2. The fourth-order valence-electron chi connectivity index (χ4n) is 3.21. The van der Waals surface area contributed by atoms with Crippen molar-refractivity contribution >= 4 is 63.6 Å². The maximum absolute atomic E-state index is 13.1. The summed E-state index contributed by atoms with van der Waals surface area (Å²) in [6.45, 7) is 1.74. The Hall–Kier alpha value is -3.68. The van der Waals surface area contributed by atoms with Crippen LogP contribution in [0.1, 0.15) is 50.0 Å². The van der Waals surface area contributed by atoms with Crippen molar-refractivity contribution in [3.8, 4) is 0 Å². The van der Waals surface area contributed by atoms with Gasteiger partial charge in [0.25, 0.3) is 5.91 Å². The van der Waals surface area contributed by atoms with Crippen LogP contribution < -0.4 is 10.6 Å². The van der Waals surface area contributed by atoms with Crippen LogP contribution in [-0.2, 0) is 6.18 Å². The quantitative estimate of drug-likeness (QED) is 0.228. The summed E-state index contributed by atoms with van der Waals surface area (Å²) in [5.41, 5.74) is -0.428. The second-order valence-electron chi connectivity index (χ2n) is 7.84. The van der Waals surface area contributed by atoms with Gasteiger partial charge in [0.15, 0.2) is 11.6 Å². The van der Waals surface area contributed by atoms with Gasteiger partial charge < -0.3 is 10.6 Å². The molecule has 4 aromatic heterocycles. The van der Waals surface area contributed by atoms with Crippen molar-refractivity contribution in [2.24, 2.45) is 0 Å². The Balaban J connectivity index is 1.43. The van der Waals surface area contributed by atoms with Crippen molar-refractivity contribution in [2.75, 3.05) is 10.6 Å². The molecule has 4 aromatic rings. The summed E-state index contributed by atoms with van der Waals surface area (Å²) in [4.78, 5) is 45.6. The number of hydrogen-bond donors (Lipinski definition) is 2. The van der Waals surface area contributed by atoms with Crippen molar-refractivity contribution in [2.45, 2.75) is 25.4 Å². The number of Topliss-reactive ketones (excluding diaryl/α,β-unsaturated/α-hetero) is 1. The number of amides is 1. The van der Waals surface area contributed by atoms with Gasteiger partial charge >= 0.3 is 6.18 Å². The SMILES string of the molecule is C[C@@H](CC(=O)c1ncnc(Nc2ccncc2)c1Cl)c1ncc(C(=O)Nc2cc(C(F)(F)F)c(Cl)cn2)s1. The molecule has 0 fully saturated rings. The minimum atomic E-state index is -4.71. The number of nitrogens with zero attached hydrogens (tertiary/aromatic N) is 5. The molecule has 4 rings (SSSR count). The number of hydrogen-bond acceptors (Lipinski definition) is 9. The van der Waals surface area contributed by atoms with Crippen LogP contribution in [0.5, 0.6) is 0 Å². The third kappa shape index (κ3) is 6.41. The van der Waals surface area contributed by atoms with E-state index in [0.29, 0.717) is 16.8 Å². The van der Waals surface area contributed by atoms with Gasteiger partial charge in [-0.15, -0.1) is 11.3 Å². The van der Waals surface area contributed by atoms with Gasteiger partial charge in [-0.25, -0.2) is 19.9 Å². The predicted molar refractivity (Wildman–Crippen MR) is 136 cm³/mol. The Kier molecular flexibility index (Phi) is 8.19. The lowest BCUT2D eigenvalue weighted by atomic mass is 10.0. The Morgan fingerprint density at radius 2 is 1.82 bits per heavy atom. The Labute approximate surface area is 227 Å². The molecule has 0 aliphatic heterocycles. The number of anilines is 3. The molecule has 0 saturated carbocycles. The standard InChI is InChI=1S/C23H16Cl2F3N7O2S/c1-11(6-15(36)19-18(25)20(33-10-32-19)34-12-2-4-29-5-3-12)22-31-9-16(38-22)21(37)35-17-7-13(23(26,27)28)14(24)8-30-17/h2-5,7-11H,6H2,1H3,(H,30,35,37)(H,29,32,33,34)/t11-/m0/s1. The third-order valence-electron chi connectivity index (χ3n) is 5.06. The van der Waals surface area contributed by atoms with E-state index >= 15 is 0 Å². The molecule has 0 aliphatic rings. The van der Waals surface area contributed by atoms with Crippen LogP contribution in [0.4, 0.5) is 30.5 Å². The van der Waals surface area contributed by atoms with E-state index in [1.165, 1.54) is 12.5 Å². The molecule has 0 aromatic carbocycles. The molecule has 1 atom stereocenters. The van der Waals surface area contributed by atoms with Crippen LogP contribution in [-0.4, -0.2) is 36.6 Å². The number of aromatic nitrogens is 5. The van der Waals surface area contributed by atoms with Gasteiger partial charge in [0, 0.05) is 36.6 Å². The zero-order valence-electron chi connectivity index (χ0n) is 19.3. The third-order valence-corrected chi connectivity index (χ3v) is 6.95. The van der Waals surface area contributed by atoms with Crippen LogP contribution in [0.15, 0.2) is 49.3 Å². The molecule has 0 radical (unpaired) electrons. The molecule has 4 heterocycles. The Bertz CT molecular complexity index is 1490. The van der Waals surface area contributed by atoms with E-state index in [-0.39, 0.29) is 39.4 Å². The molecule has 196 valence electrons. The van der Waals surface area contributed by atoms with Crippen LogP contribution >= 0.6 is 34.5 Å². The molecule has 0 spiro atoms. The highest BCUT2D eigenvalue weighted by atomic mass is 35.5. The van der Waals surface area contributed by atoms with Crippen molar-refractivity contribution in [3.63, 3.8) is 0 Å². The van der Waals surface area contributed by atoms with Crippen molar-refractivity contribution in [1.29, 1.82) is 0 Å². The number of carbonyl (C=O) groups is 2. The fourth-order valence-corrected chi connectivity index (χ4v) is 4.53. The van der Waals surface area contributed by atoms with Gasteiger partial charge in [0.1, 0.15) is 27.7 Å². The van der Waals surface area contributed by atoms with Crippen molar-refractivity contribution < 1.29 is 22.8 Å². The predicted octanol–water partition coefficient (Wildman–Crippen LogP) is 6.42. The van der Waals surface area contributed by atoms with E-state index < -0.39 is 28.6 Å². The van der Waals surface area contributed by atoms with Gasteiger partial charge in [0.05, 0.1) is 21.8 Å². The first-order valence-corrected chi connectivity index (χ1v) is 12.3. The number of ketones is 1. The monoisotopic (exact) mass is 581 g/mol. The highest BCUT2D eigenvalue weighted by Gasteiger charge is 2.34. The van der Waals surface area contributed by atoms with Crippen LogP contribution in [0.25, 0.3) is 0 Å². The molecule has 0 bridgehead atoms. The minimum Gasteiger partial charge on any atom is -0.339 e. The lowest BCUT2D eigenvalue weighted by Crippen LogP contribution is -2.13. The van der Waals surface area contributed by atoms with Crippen LogP contribution in [0, 0.1) is 0 Å². The molecule has 0 saturated heterocycles. The maximum atomic E-state index is 13.1. The molecule has 38 heavy (non-hydrogen) atoms. The summed E-state index contributed by atoms with van der Waals surface area (Å²) in [6.07, 6.45) is 1.73. The number of rotatable bonds is 8. The lowest BCUT2D eigenvalue weighted by molar-refractivity contribution is -0.137. The molecule has 9 nitrogen and oxygen atoms in total. The largest absolute Gasteiger partial charge is 0.418 e. The first-order valence-electron chi connectivity index (χ1n) is 10.7. The number of alkyl halides is 3. The molecule has 1 amide bonds. The first-order chi connectivity index (χ1) is 18.0. The molecular weight excluding hydrogens is 566 g/mol. The highest BCUT2D eigenvalue weighted by molar-refractivity contribution is 7.13. The summed E-state index contributed by atoms with van der Waals surface area (Å²) in [5.74, 6) is -1.56.